The fourth-order valence-corrected chi connectivity index (χ4v) is 4.61. The second kappa shape index (κ2) is 9.69. The number of hydrogen-bond acceptors (Lipinski definition) is 4. The average Bonchev–Trinajstić information content (AvgIpc) is 3.56. The summed E-state index contributed by atoms with van der Waals surface area (Å²) in [5.74, 6) is 1.90. The van der Waals surface area contributed by atoms with Gasteiger partial charge in [-0.2, -0.15) is 0 Å². The first-order valence-corrected chi connectivity index (χ1v) is 12.6. The number of carbonyl (C=O) groups is 2. The van der Waals surface area contributed by atoms with E-state index in [4.69, 9.17) is 9.47 Å². The Kier molecular flexibility index (Phi) is 6.44. The normalized spacial score (nSPS) is 15.0. The average molecular weight is 487 g/mol. The van der Waals surface area contributed by atoms with Gasteiger partial charge in [-0.3, -0.25) is 9.59 Å². The lowest BCUT2D eigenvalue weighted by Crippen LogP contribution is -2.27. The number of benzene rings is 3. The van der Waals surface area contributed by atoms with E-state index < -0.39 is 5.41 Å². The van der Waals surface area contributed by atoms with E-state index in [2.05, 4.69) is 24.5 Å². The fraction of sp³-hybridized carbons (Fsp3) is 0.333. The van der Waals surface area contributed by atoms with Crippen LogP contribution >= 0.6 is 0 Å². The van der Waals surface area contributed by atoms with Crippen molar-refractivity contribution in [2.45, 2.75) is 45.4 Å². The maximum absolute atomic E-state index is 13.4. The van der Waals surface area contributed by atoms with Gasteiger partial charge in [0.25, 0.3) is 5.91 Å². The van der Waals surface area contributed by atoms with E-state index in [0.29, 0.717) is 23.8 Å². The molecule has 1 heterocycles. The number of fused-ring (bicyclic) bond motifs is 1. The van der Waals surface area contributed by atoms with Crippen LogP contribution in [0.5, 0.6) is 11.5 Å². The van der Waals surface area contributed by atoms with Crippen molar-refractivity contribution in [2.75, 3.05) is 18.7 Å². The second-order valence-corrected chi connectivity index (χ2v) is 10.1. The van der Waals surface area contributed by atoms with Crippen molar-refractivity contribution in [2.24, 2.45) is 5.92 Å². The Morgan fingerprint density at radius 1 is 0.972 bits per heavy atom. The molecule has 6 nitrogen and oxygen atoms in total. The zero-order chi connectivity index (χ0) is 25.3. The number of amides is 2. The summed E-state index contributed by atoms with van der Waals surface area (Å²) in [4.78, 5) is 25.8. The van der Waals surface area contributed by atoms with Crippen molar-refractivity contribution >= 4 is 17.5 Å². The maximum atomic E-state index is 13.4. The highest BCUT2D eigenvalue weighted by atomic mass is 16.7. The monoisotopic (exact) mass is 486 g/mol. The molecule has 6 heteroatoms. The largest absolute Gasteiger partial charge is 0.454 e. The third kappa shape index (κ3) is 4.81. The van der Waals surface area contributed by atoms with Crippen LogP contribution in [0.3, 0.4) is 0 Å². The Morgan fingerprint density at radius 3 is 2.44 bits per heavy atom. The minimum atomic E-state index is -0.531. The second-order valence-electron chi connectivity index (χ2n) is 10.1. The van der Waals surface area contributed by atoms with Crippen LogP contribution in [0.2, 0.25) is 0 Å². The molecule has 0 saturated heterocycles. The molecule has 0 aromatic heterocycles. The molecule has 5 rings (SSSR count). The Morgan fingerprint density at radius 2 is 1.72 bits per heavy atom. The van der Waals surface area contributed by atoms with Crippen LogP contribution in [0.25, 0.3) is 11.1 Å². The van der Waals surface area contributed by atoms with Gasteiger partial charge in [0.2, 0.25) is 12.7 Å². The van der Waals surface area contributed by atoms with Gasteiger partial charge in [-0.05, 0) is 90.8 Å². The van der Waals surface area contributed by atoms with Gasteiger partial charge in [-0.25, -0.2) is 0 Å². The minimum absolute atomic E-state index is 0. The molecule has 0 bridgehead atoms. The van der Waals surface area contributed by atoms with Crippen LogP contribution in [0.1, 0.15) is 56.0 Å². The van der Waals surface area contributed by atoms with Gasteiger partial charge in [0, 0.05) is 19.2 Å². The van der Waals surface area contributed by atoms with Gasteiger partial charge >= 0.3 is 0 Å². The zero-order valence-electron chi connectivity index (χ0n) is 21.0. The van der Waals surface area contributed by atoms with Crippen LogP contribution in [-0.2, 0) is 10.2 Å². The standard InChI is InChI=1S/C30H32N2O4.H2/c1-19(2)12-15-31-28(33)22-7-5-21(6-8-22)25-17-24(10-4-20(25)3)32-29(34)30(13-14-30)23-9-11-26-27(16-23)36-18-35-26;/h4-11,16-17,19H,12-15,18H2,1-3H3,(H,31,33)(H,32,34);1H. The summed E-state index contributed by atoms with van der Waals surface area (Å²) in [6.07, 6.45) is 2.56. The molecule has 3 aromatic carbocycles. The smallest absolute Gasteiger partial charge is 0.251 e. The first-order valence-electron chi connectivity index (χ1n) is 12.6. The summed E-state index contributed by atoms with van der Waals surface area (Å²) in [6, 6.07) is 19.3. The lowest BCUT2D eigenvalue weighted by atomic mass is 9.94. The number of hydrogen-bond donors (Lipinski definition) is 2. The zero-order valence-corrected chi connectivity index (χ0v) is 21.0. The summed E-state index contributed by atoms with van der Waals surface area (Å²) < 4.78 is 10.9. The van der Waals surface area contributed by atoms with E-state index in [1.54, 1.807) is 0 Å². The van der Waals surface area contributed by atoms with Crippen LogP contribution in [0.4, 0.5) is 5.69 Å². The van der Waals surface area contributed by atoms with E-state index in [9.17, 15) is 9.59 Å². The third-order valence-corrected chi connectivity index (χ3v) is 7.07. The highest BCUT2D eigenvalue weighted by Crippen LogP contribution is 2.51. The topological polar surface area (TPSA) is 76.7 Å². The Balaban J connectivity index is 0.00000320. The minimum Gasteiger partial charge on any atom is -0.454 e. The number of anilines is 1. The molecule has 1 fully saturated rings. The molecular weight excluding hydrogens is 452 g/mol. The first-order chi connectivity index (χ1) is 17.4. The molecule has 2 amide bonds. The molecule has 1 aliphatic heterocycles. The van der Waals surface area contributed by atoms with Crippen molar-refractivity contribution in [3.63, 3.8) is 0 Å². The quantitative estimate of drug-likeness (QED) is 0.404. The summed E-state index contributed by atoms with van der Waals surface area (Å²) in [7, 11) is 0. The molecule has 1 saturated carbocycles. The summed E-state index contributed by atoms with van der Waals surface area (Å²) in [6.45, 7) is 7.21. The number of ether oxygens (including phenoxy) is 2. The molecule has 2 N–H and O–H groups in total. The van der Waals surface area contributed by atoms with Crippen molar-refractivity contribution in [1.82, 2.24) is 5.32 Å². The molecule has 188 valence electrons. The van der Waals surface area contributed by atoms with Crippen molar-refractivity contribution < 1.29 is 20.5 Å². The SMILES string of the molecule is Cc1ccc(NC(=O)C2(c3ccc4c(c3)OCO4)CC2)cc1-c1ccc(C(=O)NCCC(C)C)cc1.[HH]. The predicted octanol–water partition coefficient (Wildman–Crippen LogP) is 6.08. The fourth-order valence-electron chi connectivity index (χ4n) is 4.61. The highest BCUT2D eigenvalue weighted by molar-refractivity contribution is 6.02. The molecule has 0 atom stereocenters. The van der Waals surface area contributed by atoms with Gasteiger partial charge in [-0.15, -0.1) is 0 Å². The van der Waals surface area contributed by atoms with E-state index in [1.165, 1.54) is 0 Å². The van der Waals surface area contributed by atoms with Crippen LogP contribution in [0.15, 0.2) is 60.7 Å². The van der Waals surface area contributed by atoms with Crippen LogP contribution < -0.4 is 20.1 Å². The van der Waals surface area contributed by atoms with E-state index in [0.717, 1.165) is 53.0 Å². The molecule has 0 spiro atoms. The maximum Gasteiger partial charge on any atom is 0.251 e. The highest BCUT2D eigenvalue weighted by Gasteiger charge is 2.51. The van der Waals surface area contributed by atoms with Crippen molar-refractivity contribution in [1.29, 1.82) is 0 Å². The lowest BCUT2D eigenvalue weighted by Gasteiger charge is -2.17. The molecule has 3 aromatic rings. The van der Waals surface area contributed by atoms with Crippen molar-refractivity contribution in [3.05, 3.63) is 77.4 Å². The van der Waals surface area contributed by atoms with E-state index >= 15 is 0 Å². The molecular formula is C30H34N2O4. The Bertz CT molecular complexity index is 1300. The number of aryl methyl sites for hydroxylation is 1. The van der Waals surface area contributed by atoms with Gasteiger partial charge in [0.1, 0.15) is 0 Å². The van der Waals surface area contributed by atoms with Gasteiger partial charge in [0.05, 0.1) is 5.41 Å². The molecule has 2 aliphatic rings. The van der Waals surface area contributed by atoms with Gasteiger partial charge in [-0.1, -0.05) is 38.1 Å². The third-order valence-electron chi connectivity index (χ3n) is 7.07. The first kappa shape index (κ1) is 23.9. The van der Waals surface area contributed by atoms with E-state index in [-0.39, 0.29) is 20.0 Å². The Hall–Kier alpha value is -3.80. The number of rotatable bonds is 8. The Labute approximate surface area is 213 Å². The lowest BCUT2D eigenvalue weighted by molar-refractivity contribution is -0.118. The molecule has 0 radical (unpaired) electrons. The molecule has 1 aliphatic carbocycles. The molecule has 0 unspecified atom stereocenters. The summed E-state index contributed by atoms with van der Waals surface area (Å²) in [5.41, 5.74) is 4.94. The van der Waals surface area contributed by atoms with E-state index in [1.807, 2.05) is 67.6 Å². The predicted molar refractivity (Wildman–Crippen MR) is 143 cm³/mol. The van der Waals surface area contributed by atoms with Crippen molar-refractivity contribution in [3.8, 4) is 22.6 Å². The van der Waals surface area contributed by atoms with Gasteiger partial charge < -0.3 is 20.1 Å². The van der Waals surface area contributed by atoms with Crippen LogP contribution in [-0.4, -0.2) is 25.2 Å². The number of carbonyl (C=O) groups excluding carboxylic acids is 2. The molecule has 36 heavy (non-hydrogen) atoms. The van der Waals surface area contributed by atoms with Gasteiger partial charge in [0.15, 0.2) is 11.5 Å². The summed E-state index contributed by atoms with van der Waals surface area (Å²) >= 11 is 0. The summed E-state index contributed by atoms with van der Waals surface area (Å²) in [5, 5.41) is 6.11. The van der Waals surface area contributed by atoms with Crippen LogP contribution in [0, 0.1) is 12.8 Å². The number of nitrogens with one attached hydrogen (secondary N) is 2.